The van der Waals surface area contributed by atoms with Crippen LogP contribution in [0.25, 0.3) is 0 Å². The Hall–Kier alpha value is -1.96. The smallest absolute Gasteiger partial charge is 0.270 e. The van der Waals surface area contributed by atoms with Crippen molar-refractivity contribution in [2.24, 2.45) is 5.73 Å². The third-order valence-electron chi connectivity index (χ3n) is 1.24. The van der Waals surface area contributed by atoms with Crippen LogP contribution in [-0.2, 0) is 0 Å². The summed E-state index contributed by atoms with van der Waals surface area (Å²) in [5, 5.41) is 8.35. The average Bonchev–Trinajstić information content (AvgIpc) is 2.04. The zero-order valence-corrected chi connectivity index (χ0v) is 5.91. The average molecular weight is 165 g/mol. The molecule has 12 heavy (non-hydrogen) atoms. The Labute approximate surface area is 67.4 Å². The van der Waals surface area contributed by atoms with Crippen LogP contribution >= 0.6 is 0 Å². The molecule has 0 atom stereocenters. The van der Waals surface area contributed by atoms with E-state index in [9.17, 15) is 9.18 Å². The zero-order chi connectivity index (χ0) is 9.14. The van der Waals surface area contributed by atoms with Crippen LogP contribution in [0.4, 0.5) is 4.39 Å². The van der Waals surface area contributed by atoms with Gasteiger partial charge in [-0.25, -0.2) is 9.37 Å². The molecule has 0 saturated heterocycles. The van der Waals surface area contributed by atoms with Crippen LogP contribution in [0.15, 0.2) is 12.3 Å². The molecule has 60 valence electrons. The standard InChI is InChI=1S/C7H4FN3O/c8-5-4(3-9)1-2-11-6(5)7(10)12/h1-2H,(H2,10,12). The Morgan fingerprint density at radius 2 is 2.42 bits per heavy atom. The third-order valence-corrected chi connectivity index (χ3v) is 1.24. The number of aromatic nitrogens is 1. The number of rotatable bonds is 1. The summed E-state index contributed by atoms with van der Waals surface area (Å²) in [5.74, 6) is -1.95. The van der Waals surface area contributed by atoms with Crippen LogP contribution in [0.3, 0.4) is 0 Å². The van der Waals surface area contributed by atoms with E-state index in [2.05, 4.69) is 4.98 Å². The molecule has 0 saturated carbocycles. The molecular weight excluding hydrogens is 161 g/mol. The second-order valence-corrected chi connectivity index (χ2v) is 2.00. The lowest BCUT2D eigenvalue weighted by atomic mass is 10.2. The molecule has 1 rings (SSSR count). The van der Waals surface area contributed by atoms with Crippen molar-refractivity contribution < 1.29 is 9.18 Å². The van der Waals surface area contributed by atoms with Crippen molar-refractivity contribution in [3.05, 3.63) is 29.3 Å². The van der Waals surface area contributed by atoms with E-state index >= 15 is 0 Å². The largest absolute Gasteiger partial charge is 0.364 e. The zero-order valence-electron chi connectivity index (χ0n) is 5.91. The van der Waals surface area contributed by atoms with Crippen LogP contribution in [0.1, 0.15) is 16.1 Å². The van der Waals surface area contributed by atoms with Crippen LogP contribution in [-0.4, -0.2) is 10.9 Å². The molecule has 1 amide bonds. The number of primary amides is 1. The van der Waals surface area contributed by atoms with Gasteiger partial charge in [-0.2, -0.15) is 5.26 Å². The molecule has 5 heteroatoms. The van der Waals surface area contributed by atoms with Gasteiger partial charge in [0.1, 0.15) is 6.07 Å². The van der Waals surface area contributed by atoms with Gasteiger partial charge in [0, 0.05) is 6.20 Å². The number of amides is 1. The van der Waals surface area contributed by atoms with E-state index in [4.69, 9.17) is 11.0 Å². The Bertz CT molecular complexity index is 369. The highest BCUT2D eigenvalue weighted by molar-refractivity contribution is 5.91. The van der Waals surface area contributed by atoms with Crippen molar-refractivity contribution in [2.75, 3.05) is 0 Å². The second kappa shape index (κ2) is 2.96. The van der Waals surface area contributed by atoms with Gasteiger partial charge in [-0.15, -0.1) is 0 Å². The number of nitrogens with zero attached hydrogens (tertiary/aromatic N) is 2. The fourth-order valence-corrected chi connectivity index (χ4v) is 0.702. The first-order chi connectivity index (χ1) is 5.66. The molecule has 0 unspecified atom stereocenters. The lowest BCUT2D eigenvalue weighted by Crippen LogP contribution is -2.15. The molecule has 1 aromatic rings. The van der Waals surface area contributed by atoms with Gasteiger partial charge in [0.25, 0.3) is 5.91 Å². The number of nitriles is 1. The summed E-state index contributed by atoms with van der Waals surface area (Å²) in [6.45, 7) is 0. The first-order valence-electron chi connectivity index (χ1n) is 3.01. The van der Waals surface area contributed by atoms with Crippen LogP contribution in [0.5, 0.6) is 0 Å². The normalized spacial score (nSPS) is 9.00. The van der Waals surface area contributed by atoms with Crippen LogP contribution in [0, 0.1) is 17.1 Å². The van der Waals surface area contributed by atoms with Crippen molar-refractivity contribution in [3.8, 4) is 6.07 Å². The summed E-state index contributed by atoms with van der Waals surface area (Å²) in [5.41, 5.74) is 4.04. The SMILES string of the molecule is N#Cc1ccnc(C(N)=O)c1F. The summed E-state index contributed by atoms with van der Waals surface area (Å²) in [7, 11) is 0. The van der Waals surface area contributed by atoms with E-state index in [-0.39, 0.29) is 5.56 Å². The van der Waals surface area contributed by atoms with Crippen molar-refractivity contribution in [1.82, 2.24) is 4.98 Å². The predicted molar refractivity (Wildman–Crippen MR) is 37.4 cm³/mol. The van der Waals surface area contributed by atoms with Gasteiger partial charge in [0.05, 0.1) is 5.56 Å². The van der Waals surface area contributed by atoms with Gasteiger partial charge in [0.2, 0.25) is 0 Å². The van der Waals surface area contributed by atoms with Gasteiger partial charge in [-0.05, 0) is 6.07 Å². The molecule has 0 radical (unpaired) electrons. The van der Waals surface area contributed by atoms with E-state index in [0.717, 1.165) is 6.20 Å². The lowest BCUT2D eigenvalue weighted by Gasteiger charge is -1.96. The minimum atomic E-state index is -0.982. The van der Waals surface area contributed by atoms with Crippen LogP contribution in [0.2, 0.25) is 0 Å². The summed E-state index contributed by atoms with van der Waals surface area (Å²) in [6, 6.07) is 2.74. The molecule has 0 fully saturated rings. The highest BCUT2D eigenvalue weighted by Crippen LogP contribution is 2.07. The molecule has 0 aromatic carbocycles. The van der Waals surface area contributed by atoms with E-state index in [1.165, 1.54) is 6.07 Å². The number of hydrogen-bond acceptors (Lipinski definition) is 3. The molecule has 0 bridgehead atoms. The Morgan fingerprint density at radius 3 is 2.92 bits per heavy atom. The maximum absolute atomic E-state index is 12.9. The molecule has 0 aliphatic rings. The Balaban J connectivity index is 3.35. The van der Waals surface area contributed by atoms with E-state index in [1.54, 1.807) is 6.07 Å². The van der Waals surface area contributed by atoms with Crippen molar-refractivity contribution in [2.45, 2.75) is 0 Å². The summed E-state index contributed by atoms with van der Waals surface area (Å²) < 4.78 is 12.9. The molecule has 1 aromatic heterocycles. The van der Waals surface area contributed by atoms with E-state index in [1.807, 2.05) is 0 Å². The molecule has 4 nitrogen and oxygen atoms in total. The molecule has 2 N–H and O–H groups in total. The maximum Gasteiger partial charge on any atom is 0.270 e. The number of halogens is 1. The van der Waals surface area contributed by atoms with Gasteiger partial charge in [-0.3, -0.25) is 4.79 Å². The lowest BCUT2D eigenvalue weighted by molar-refractivity contribution is 0.0991. The molecular formula is C7H4FN3O. The third kappa shape index (κ3) is 1.22. The minimum absolute atomic E-state index is 0.237. The summed E-state index contributed by atoms with van der Waals surface area (Å²) in [6.07, 6.45) is 1.15. The number of carbonyl (C=O) groups is 1. The number of nitrogens with two attached hydrogens (primary N) is 1. The molecule has 0 aliphatic carbocycles. The topological polar surface area (TPSA) is 79.8 Å². The van der Waals surface area contributed by atoms with Crippen molar-refractivity contribution >= 4 is 5.91 Å². The maximum atomic E-state index is 12.9. The number of hydrogen-bond donors (Lipinski definition) is 1. The van der Waals surface area contributed by atoms with Crippen LogP contribution < -0.4 is 5.73 Å². The molecule has 0 aliphatic heterocycles. The van der Waals surface area contributed by atoms with E-state index < -0.39 is 17.4 Å². The number of pyridine rings is 1. The Morgan fingerprint density at radius 1 is 1.75 bits per heavy atom. The van der Waals surface area contributed by atoms with Gasteiger partial charge in [0.15, 0.2) is 11.5 Å². The van der Waals surface area contributed by atoms with Crippen molar-refractivity contribution in [1.29, 1.82) is 5.26 Å². The van der Waals surface area contributed by atoms with Gasteiger partial charge < -0.3 is 5.73 Å². The second-order valence-electron chi connectivity index (χ2n) is 2.00. The Kier molecular flexibility index (Phi) is 2.01. The quantitative estimate of drug-likeness (QED) is 0.645. The van der Waals surface area contributed by atoms with Gasteiger partial charge >= 0.3 is 0 Å². The molecule has 1 heterocycles. The van der Waals surface area contributed by atoms with E-state index in [0.29, 0.717) is 0 Å². The molecule has 0 spiro atoms. The first kappa shape index (κ1) is 8.14. The predicted octanol–water partition coefficient (Wildman–Crippen LogP) is 0.191. The highest BCUT2D eigenvalue weighted by Gasteiger charge is 2.12. The van der Waals surface area contributed by atoms with Gasteiger partial charge in [-0.1, -0.05) is 0 Å². The fraction of sp³-hybridized carbons (Fsp3) is 0. The fourth-order valence-electron chi connectivity index (χ4n) is 0.702. The van der Waals surface area contributed by atoms with Crippen molar-refractivity contribution in [3.63, 3.8) is 0 Å². The monoisotopic (exact) mass is 165 g/mol. The number of carbonyl (C=O) groups excluding carboxylic acids is 1. The summed E-state index contributed by atoms with van der Waals surface area (Å²) >= 11 is 0. The minimum Gasteiger partial charge on any atom is -0.364 e. The first-order valence-corrected chi connectivity index (χ1v) is 3.01. The highest BCUT2D eigenvalue weighted by atomic mass is 19.1. The summed E-state index contributed by atoms with van der Waals surface area (Å²) in [4.78, 5) is 13.9.